The molecule has 1 aromatic heterocycles. The van der Waals surface area contributed by atoms with E-state index >= 15 is 0 Å². The highest BCUT2D eigenvalue weighted by Gasteiger charge is 2.24. The Kier molecular flexibility index (Phi) is 3.88. The molecule has 1 aromatic carbocycles. The van der Waals surface area contributed by atoms with Crippen LogP contribution in [-0.4, -0.2) is 39.2 Å². The van der Waals surface area contributed by atoms with E-state index in [0.717, 1.165) is 28.6 Å². The molecule has 2 heterocycles. The summed E-state index contributed by atoms with van der Waals surface area (Å²) in [4.78, 5) is 18.4. The van der Waals surface area contributed by atoms with Gasteiger partial charge >= 0.3 is 6.09 Å². The predicted molar refractivity (Wildman–Crippen MR) is 91.1 cm³/mol. The van der Waals surface area contributed by atoms with Gasteiger partial charge < -0.3 is 14.2 Å². The minimum Gasteiger partial charge on any atom is -0.444 e. The molecule has 0 spiro atoms. The van der Waals surface area contributed by atoms with E-state index in [-0.39, 0.29) is 6.09 Å². The van der Waals surface area contributed by atoms with Gasteiger partial charge in [-0.15, -0.1) is 0 Å². The Morgan fingerprint density at radius 3 is 2.83 bits per heavy atom. The van der Waals surface area contributed by atoms with Crippen molar-refractivity contribution in [3.8, 4) is 0 Å². The van der Waals surface area contributed by atoms with Gasteiger partial charge in [-0.25, -0.2) is 9.78 Å². The van der Waals surface area contributed by atoms with Crippen LogP contribution < -0.4 is 0 Å². The van der Waals surface area contributed by atoms with Gasteiger partial charge in [-0.2, -0.15) is 0 Å². The van der Waals surface area contributed by atoms with Crippen LogP contribution >= 0.6 is 0 Å². The molecule has 0 aliphatic carbocycles. The van der Waals surface area contributed by atoms with E-state index in [1.165, 1.54) is 0 Å². The molecule has 0 saturated heterocycles. The van der Waals surface area contributed by atoms with Crippen LogP contribution in [0, 0.1) is 0 Å². The first-order valence-electron chi connectivity index (χ1n) is 7.92. The number of aryl methyl sites for hydroxylation is 1. The Hall–Kier alpha value is -2.30. The summed E-state index contributed by atoms with van der Waals surface area (Å²) < 4.78 is 7.49. The maximum Gasteiger partial charge on any atom is 0.410 e. The second-order valence-electron chi connectivity index (χ2n) is 6.98. The van der Waals surface area contributed by atoms with Crippen molar-refractivity contribution in [3.05, 3.63) is 36.2 Å². The quantitative estimate of drug-likeness (QED) is 0.808. The predicted octanol–water partition coefficient (Wildman–Crippen LogP) is 3.60. The van der Waals surface area contributed by atoms with Crippen LogP contribution in [0.15, 0.2) is 30.6 Å². The third-order valence-corrected chi connectivity index (χ3v) is 3.90. The second-order valence-corrected chi connectivity index (χ2v) is 6.98. The molecular weight excluding hydrogens is 290 g/mol. The van der Waals surface area contributed by atoms with Crippen LogP contribution in [0.25, 0.3) is 16.6 Å². The molecule has 2 aromatic rings. The van der Waals surface area contributed by atoms with E-state index in [9.17, 15) is 4.79 Å². The van der Waals surface area contributed by atoms with Gasteiger partial charge in [0.05, 0.1) is 17.4 Å². The monoisotopic (exact) mass is 313 g/mol. The molecule has 3 rings (SSSR count). The summed E-state index contributed by atoms with van der Waals surface area (Å²) in [5.41, 5.74) is 3.90. The third-order valence-electron chi connectivity index (χ3n) is 3.90. The van der Waals surface area contributed by atoms with E-state index in [1.807, 2.05) is 44.8 Å². The number of benzene rings is 1. The van der Waals surface area contributed by atoms with Crippen molar-refractivity contribution >= 4 is 22.7 Å². The maximum absolute atomic E-state index is 12.3. The van der Waals surface area contributed by atoms with Crippen molar-refractivity contribution in [1.82, 2.24) is 14.5 Å². The minimum absolute atomic E-state index is 0.246. The Bertz CT molecular complexity index is 768. The molecule has 0 atom stereocenters. The minimum atomic E-state index is -0.466. The summed E-state index contributed by atoms with van der Waals surface area (Å²) in [6.45, 7) is 6.95. The van der Waals surface area contributed by atoms with E-state index in [0.29, 0.717) is 13.1 Å². The Morgan fingerprint density at radius 2 is 2.09 bits per heavy atom. The fourth-order valence-corrected chi connectivity index (χ4v) is 2.76. The van der Waals surface area contributed by atoms with E-state index in [2.05, 4.69) is 23.2 Å². The van der Waals surface area contributed by atoms with Gasteiger partial charge in [-0.05, 0) is 50.5 Å². The normalized spacial score (nSPS) is 15.7. The van der Waals surface area contributed by atoms with Gasteiger partial charge in [0, 0.05) is 20.1 Å². The highest BCUT2D eigenvalue weighted by molar-refractivity contribution is 5.82. The lowest BCUT2D eigenvalue weighted by Crippen LogP contribution is -2.39. The standard InChI is InChI=1S/C18H23N3O2/c1-18(2,3)23-17(22)21-9-5-6-14(11-21)13-7-8-15-16(10-13)20(4)12-19-15/h6-8,10,12H,5,9,11H2,1-4H3. The van der Waals surface area contributed by atoms with Crippen LogP contribution in [0.5, 0.6) is 0 Å². The van der Waals surface area contributed by atoms with Crippen molar-refractivity contribution in [2.24, 2.45) is 7.05 Å². The number of rotatable bonds is 1. The number of aromatic nitrogens is 2. The molecule has 1 amide bonds. The van der Waals surface area contributed by atoms with E-state index < -0.39 is 5.60 Å². The average Bonchev–Trinajstić information content (AvgIpc) is 2.87. The molecule has 1 aliphatic heterocycles. The molecule has 122 valence electrons. The first-order chi connectivity index (χ1) is 10.8. The average molecular weight is 313 g/mol. The summed E-state index contributed by atoms with van der Waals surface area (Å²) in [6, 6.07) is 6.23. The number of fused-ring (bicyclic) bond motifs is 1. The van der Waals surface area contributed by atoms with Gasteiger partial charge in [0.2, 0.25) is 0 Å². The summed E-state index contributed by atoms with van der Waals surface area (Å²) in [6.07, 6.45) is 4.62. The van der Waals surface area contributed by atoms with Crippen molar-refractivity contribution in [1.29, 1.82) is 0 Å². The molecule has 0 N–H and O–H groups in total. The Balaban J connectivity index is 1.81. The third kappa shape index (κ3) is 3.38. The van der Waals surface area contributed by atoms with Crippen molar-refractivity contribution in [3.63, 3.8) is 0 Å². The summed E-state index contributed by atoms with van der Waals surface area (Å²) >= 11 is 0. The summed E-state index contributed by atoms with van der Waals surface area (Å²) in [5.74, 6) is 0. The molecule has 0 bridgehead atoms. The molecule has 5 heteroatoms. The summed E-state index contributed by atoms with van der Waals surface area (Å²) in [5, 5.41) is 0. The van der Waals surface area contributed by atoms with Crippen molar-refractivity contribution < 1.29 is 9.53 Å². The first kappa shape index (κ1) is 15.6. The molecule has 23 heavy (non-hydrogen) atoms. The molecule has 0 unspecified atom stereocenters. The van der Waals surface area contributed by atoms with Gasteiger partial charge in [0.25, 0.3) is 0 Å². The van der Waals surface area contributed by atoms with Gasteiger partial charge in [-0.3, -0.25) is 0 Å². The molecule has 5 nitrogen and oxygen atoms in total. The Morgan fingerprint density at radius 1 is 1.30 bits per heavy atom. The van der Waals surface area contributed by atoms with Gasteiger partial charge in [-0.1, -0.05) is 12.1 Å². The molecule has 1 aliphatic rings. The highest BCUT2D eigenvalue weighted by atomic mass is 16.6. The lowest BCUT2D eigenvalue weighted by Gasteiger charge is -2.30. The molecular formula is C18H23N3O2. The van der Waals surface area contributed by atoms with Gasteiger partial charge in [0.15, 0.2) is 0 Å². The van der Waals surface area contributed by atoms with Crippen LogP contribution in [0.2, 0.25) is 0 Å². The second kappa shape index (κ2) is 5.72. The van der Waals surface area contributed by atoms with E-state index in [4.69, 9.17) is 4.74 Å². The zero-order valence-corrected chi connectivity index (χ0v) is 14.2. The number of ether oxygens (including phenoxy) is 1. The Labute approximate surface area is 136 Å². The van der Waals surface area contributed by atoms with Gasteiger partial charge in [0.1, 0.15) is 5.60 Å². The lowest BCUT2D eigenvalue weighted by molar-refractivity contribution is 0.0273. The van der Waals surface area contributed by atoms with E-state index in [1.54, 1.807) is 4.90 Å². The fourth-order valence-electron chi connectivity index (χ4n) is 2.76. The highest BCUT2D eigenvalue weighted by Crippen LogP contribution is 2.25. The largest absolute Gasteiger partial charge is 0.444 e. The smallest absolute Gasteiger partial charge is 0.410 e. The fraction of sp³-hybridized carbons (Fsp3) is 0.444. The molecule has 0 saturated carbocycles. The number of nitrogens with zero attached hydrogens (tertiary/aromatic N) is 3. The lowest BCUT2D eigenvalue weighted by atomic mass is 10.0. The molecule has 0 radical (unpaired) electrons. The maximum atomic E-state index is 12.3. The number of carbonyl (C=O) groups excluding carboxylic acids is 1. The number of carbonyl (C=O) groups is 1. The van der Waals surface area contributed by atoms with Crippen LogP contribution in [0.4, 0.5) is 4.79 Å². The zero-order chi connectivity index (χ0) is 16.6. The van der Waals surface area contributed by atoms with Crippen molar-refractivity contribution in [2.45, 2.75) is 32.8 Å². The number of imidazole rings is 1. The first-order valence-corrected chi connectivity index (χ1v) is 7.92. The van der Waals surface area contributed by atoms with Crippen LogP contribution in [-0.2, 0) is 11.8 Å². The number of amides is 1. The SMILES string of the molecule is Cn1cnc2ccc(C3=CCCN(C(=O)OC(C)(C)C)C3)cc21. The number of hydrogen-bond donors (Lipinski definition) is 0. The zero-order valence-electron chi connectivity index (χ0n) is 14.2. The van der Waals surface area contributed by atoms with Crippen LogP contribution in [0.1, 0.15) is 32.8 Å². The van der Waals surface area contributed by atoms with Crippen molar-refractivity contribution in [2.75, 3.05) is 13.1 Å². The number of hydrogen-bond acceptors (Lipinski definition) is 3. The summed E-state index contributed by atoms with van der Waals surface area (Å²) in [7, 11) is 1.99. The topological polar surface area (TPSA) is 47.4 Å². The molecule has 0 fully saturated rings. The van der Waals surface area contributed by atoms with Crippen LogP contribution in [0.3, 0.4) is 0 Å².